The maximum absolute atomic E-state index is 2.60. The van der Waals surface area contributed by atoms with Gasteiger partial charge in [-0.05, 0) is 66.5 Å². The molecule has 0 nitrogen and oxygen atoms in total. The van der Waals surface area contributed by atoms with Crippen LogP contribution in [-0.4, -0.2) is 17.0 Å². The average Bonchev–Trinajstić information content (AvgIpc) is 3.36. The molecule has 0 heterocycles. The highest BCUT2D eigenvalue weighted by molar-refractivity contribution is 7.73. The number of benzene rings is 2. The van der Waals surface area contributed by atoms with Crippen molar-refractivity contribution < 1.29 is 0 Å². The van der Waals surface area contributed by atoms with Crippen molar-refractivity contribution in [1.29, 1.82) is 0 Å². The Hall–Kier alpha value is -1.22. The molecule has 0 saturated heterocycles. The quantitative estimate of drug-likeness (QED) is 0.352. The fourth-order valence-corrected chi connectivity index (χ4v) is 13.7. The van der Waals surface area contributed by atoms with Crippen LogP contribution in [0.2, 0.25) is 0 Å². The van der Waals surface area contributed by atoms with Crippen LogP contribution in [0.1, 0.15) is 71.1 Å². The first-order chi connectivity index (χ1) is 16.3. The van der Waals surface area contributed by atoms with Crippen LogP contribution >= 0.6 is 15.8 Å². The van der Waals surface area contributed by atoms with Crippen molar-refractivity contribution in [2.45, 2.75) is 88.1 Å². The van der Waals surface area contributed by atoms with Crippen molar-refractivity contribution in [1.82, 2.24) is 0 Å². The fourth-order valence-electron chi connectivity index (χ4n) is 6.55. The van der Waals surface area contributed by atoms with Gasteiger partial charge in [-0.25, -0.2) is 0 Å². The van der Waals surface area contributed by atoms with E-state index in [4.69, 9.17) is 0 Å². The van der Waals surface area contributed by atoms with E-state index in [0.29, 0.717) is 11.6 Å². The van der Waals surface area contributed by atoms with E-state index in [-0.39, 0.29) is 7.92 Å². The molecule has 0 aliphatic heterocycles. The summed E-state index contributed by atoms with van der Waals surface area (Å²) in [6, 6.07) is 22.8. The van der Waals surface area contributed by atoms with Crippen molar-refractivity contribution in [2.75, 3.05) is 0 Å². The van der Waals surface area contributed by atoms with Gasteiger partial charge < -0.3 is 0 Å². The third-order valence-corrected chi connectivity index (χ3v) is 14.7. The van der Waals surface area contributed by atoms with E-state index in [1.165, 1.54) is 74.8 Å². The van der Waals surface area contributed by atoms with Crippen LogP contribution in [0.15, 0.2) is 84.2 Å². The molecule has 2 atom stereocenters. The summed E-state index contributed by atoms with van der Waals surface area (Å²) >= 11 is 0. The molecule has 1 unspecified atom stereocenters. The Balaban J connectivity index is 1.47. The van der Waals surface area contributed by atoms with Crippen LogP contribution in [0, 0.1) is 5.92 Å². The van der Waals surface area contributed by atoms with Gasteiger partial charge in [-0.2, -0.15) is 0 Å². The van der Waals surface area contributed by atoms with E-state index in [2.05, 4.69) is 85.8 Å². The summed E-state index contributed by atoms with van der Waals surface area (Å²) in [5.74, 6) is 0.617. The van der Waals surface area contributed by atoms with E-state index < -0.39 is 7.92 Å². The lowest BCUT2D eigenvalue weighted by atomic mass is 9.99. The first-order valence-corrected chi connectivity index (χ1v) is 16.3. The monoisotopic (exact) mass is 474 g/mol. The first kappa shape index (κ1) is 23.5. The highest BCUT2D eigenvalue weighted by atomic mass is 31.1. The SMILES string of the molecule is C[C@@H](C1C=CC=C1P(C1CCCCC1)C1CCCCC1)P(c1ccccc1)c1ccccc1. The lowest BCUT2D eigenvalue weighted by Gasteiger charge is -2.43. The largest absolute Gasteiger partial charge is 0.0763 e. The van der Waals surface area contributed by atoms with Gasteiger partial charge >= 0.3 is 0 Å². The zero-order chi connectivity index (χ0) is 22.5. The Morgan fingerprint density at radius 1 is 0.667 bits per heavy atom. The maximum atomic E-state index is 2.60. The molecular weight excluding hydrogens is 434 g/mol. The number of hydrogen-bond donors (Lipinski definition) is 0. The van der Waals surface area contributed by atoms with Crippen molar-refractivity contribution in [3.63, 3.8) is 0 Å². The minimum atomic E-state index is -0.391. The first-order valence-electron chi connectivity index (χ1n) is 13.4. The Bertz CT molecular complexity index is 862. The van der Waals surface area contributed by atoms with Gasteiger partial charge in [0.05, 0.1) is 0 Å². The zero-order valence-corrected chi connectivity index (χ0v) is 22.1. The smallest absolute Gasteiger partial charge is 0.00966 e. The van der Waals surface area contributed by atoms with Gasteiger partial charge in [0.15, 0.2) is 0 Å². The molecule has 2 fully saturated rings. The lowest BCUT2D eigenvalue weighted by Crippen LogP contribution is -2.28. The molecule has 0 radical (unpaired) electrons. The standard InChI is InChI=1S/C31H40P2/c1-25(32(26-15-6-2-7-16-26)27-17-8-3-9-18-27)30-23-14-24-31(30)33(28-19-10-4-11-20-28)29-21-12-5-13-22-29/h2-3,6-9,14-18,23-25,28-30H,4-5,10-13,19-22H2,1H3/t25-,30?/m0/s1. The van der Waals surface area contributed by atoms with Gasteiger partial charge in [-0.1, -0.05) is 132 Å². The van der Waals surface area contributed by atoms with Gasteiger partial charge in [-0.3, -0.25) is 0 Å². The van der Waals surface area contributed by atoms with Gasteiger partial charge in [0.2, 0.25) is 0 Å². The molecule has 33 heavy (non-hydrogen) atoms. The average molecular weight is 475 g/mol. The minimum absolute atomic E-state index is 0.0235. The molecule has 3 aliphatic carbocycles. The van der Waals surface area contributed by atoms with Crippen LogP contribution in [-0.2, 0) is 0 Å². The summed E-state index contributed by atoms with van der Waals surface area (Å²) in [4.78, 5) is 0. The maximum Gasteiger partial charge on any atom is 0.00966 e. The van der Waals surface area contributed by atoms with Crippen molar-refractivity contribution in [2.24, 2.45) is 5.92 Å². The molecule has 5 rings (SSSR count). The summed E-state index contributed by atoms with van der Waals surface area (Å²) in [6.45, 7) is 2.56. The topological polar surface area (TPSA) is 0 Å². The molecule has 2 heteroatoms. The normalized spacial score (nSPS) is 23.2. The van der Waals surface area contributed by atoms with E-state index in [1.54, 1.807) is 0 Å². The van der Waals surface area contributed by atoms with E-state index in [0.717, 1.165) is 11.3 Å². The third kappa shape index (κ3) is 5.39. The second-order valence-corrected chi connectivity index (χ2v) is 15.7. The summed E-state index contributed by atoms with van der Waals surface area (Å²) < 4.78 is 0. The summed E-state index contributed by atoms with van der Waals surface area (Å²) in [7, 11) is -0.415. The number of hydrogen-bond acceptors (Lipinski definition) is 0. The Morgan fingerprint density at radius 2 is 1.15 bits per heavy atom. The van der Waals surface area contributed by atoms with Gasteiger partial charge in [-0.15, -0.1) is 0 Å². The van der Waals surface area contributed by atoms with E-state index in [9.17, 15) is 0 Å². The van der Waals surface area contributed by atoms with Crippen molar-refractivity contribution >= 4 is 26.5 Å². The molecule has 2 saturated carbocycles. The predicted octanol–water partition coefficient (Wildman–Crippen LogP) is 8.73. The highest BCUT2D eigenvalue weighted by Gasteiger charge is 2.39. The fraction of sp³-hybridized carbons (Fsp3) is 0.484. The second kappa shape index (κ2) is 11.5. The summed E-state index contributed by atoms with van der Waals surface area (Å²) in [6.07, 6.45) is 22.4. The summed E-state index contributed by atoms with van der Waals surface area (Å²) in [5, 5.41) is 4.94. The van der Waals surface area contributed by atoms with E-state index in [1.807, 2.05) is 5.31 Å². The van der Waals surface area contributed by atoms with Crippen LogP contribution in [0.3, 0.4) is 0 Å². The van der Waals surface area contributed by atoms with E-state index >= 15 is 0 Å². The number of rotatable bonds is 7. The highest BCUT2D eigenvalue weighted by Crippen LogP contribution is 2.65. The van der Waals surface area contributed by atoms with Crippen molar-refractivity contribution in [3.8, 4) is 0 Å². The Morgan fingerprint density at radius 3 is 1.64 bits per heavy atom. The molecular formula is C31H40P2. The summed E-state index contributed by atoms with van der Waals surface area (Å²) in [5.41, 5.74) is 2.60. The predicted molar refractivity (Wildman–Crippen MR) is 150 cm³/mol. The molecule has 3 aliphatic rings. The zero-order valence-electron chi connectivity index (χ0n) is 20.3. The number of allylic oxidation sites excluding steroid dienone is 4. The Labute approximate surface area is 204 Å². The van der Waals surface area contributed by atoms with Gasteiger partial charge in [0.25, 0.3) is 0 Å². The van der Waals surface area contributed by atoms with Gasteiger partial charge in [0.1, 0.15) is 0 Å². The van der Waals surface area contributed by atoms with Crippen LogP contribution in [0.4, 0.5) is 0 Å². The van der Waals surface area contributed by atoms with Gasteiger partial charge in [0, 0.05) is 5.92 Å². The Kier molecular flexibility index (Phi) is 8.18. The van der Waals surface area contributed by atoms with Crippen LogP contribution in [0.5, 0.6) is 0 Å². The molecule has 0 amide bonds. The molecule has 0 bridgehead atoms. The lowest BCUT2D eigenvalue weighted by molar-refractivity contribution is 0.485. The van der Waals surface area contributed by atoms with Crippen LogP contribution < -0.4 is 10.6 Å². The molecule has 0 aromatic heterocycles. The van der Waals surface area contributed by atoms with Crippen LogP contribution in [0.25, 0.3) is 0 Å². The molecule has 0 spiro atoms. The molecule has 174 valence electrons. The molecule has 0 N–H and O–H groups in total. The minimum Gasteiger partial charge on any atom is -0.0763 e. The molecule has 2 aromatic carbocycles. The van der Waals surface area contributed by atoms with Crippen molar-refractivity contribution in [3.05, 3.63) is 84.2 Å². The third-order valence-electron chi connectivity index (χ3n) is 8.16. The second-order valence-electron chi connectivity index (χ2n) is 10.3. The molecule has 2 aromatic rings.